The quantitative estimate of drug-likeness (QED) is 0.849. The molecule has 1 aliphatic rings. The van der Waals surface area contributed by atoms with Crippen molar-refractivity contribution in [3.8, 4) is 11.4 Å². The van der Waals surface area contributed by atoms with Gasteiger partial charge in [0.2, 0.25) is 0 Å². The molecule has 1 saturated heterocycles. The third-order valence-electron chi connectivity index (χ3n) is 3.41. The maximum absolute atomic E-state index is 11.8. The van der Waals surface area contributed by atoms with E-state index in [9.17, 15) is 4.79 Å². The highest BCUT2D eigenvalue weighted by Crippen LogP contribution is 2.22. The zero-order chi connectivity index (χ0) is 13.1. The van der Waals surface area contributed by atoms with Gasteiger partial charge in [-0.2, -0.15) is 0 Å². The Kier molecular flexibility index (Phi) is 3.37. The summed E-state index contributed by atoms with van der Waals surface area (Å²) in [6.45, 7) is 1.95. The summed E-state index contributed by atoms with van der Waals surface area (Å²) in [5.74, 6) is 1.12. The van der Waals surface area contributed by atoms with E-state index >= 15 is 0 Å². The van der Waals surface area contributed by atoms with Crippen LogP contribution in [0.5, 0.6) is 0 Å². The molecular weight excluding hydrogens is 240 g/mol. The van der Waals surface area contributed by atoms with Gasteiger partial charge in [-0.3, -0.25) is 9.78 Å². The minimum Gasteiger partial charge on any atom is -0.317 e. The first kappa shape index (κ1) is 12.0. The molecule has 0 radical (unpaired) electrons. The summed E-state index contributed by atoms with van der Waals surface area (Å²) in [4.78, 5) is 23.5. The first-order valence-electron chi connectivity index (χ1n) is 6.56. The van der Waals surface area contributed by atoms with Crippen molar-refractivity contribution in [2.75, 3.05) is 13.1 Å². The third kappa shape index (κ3) is 2.71. The van der Waals surface area contributed by atoms with Gasteiger partial charge >= 0.3 is 0 Å². The van der Waals surface area contributed by atoms with Crippen molar-refractivity contribution in [2.45, 2.75) is 18.8 Å². The molecule has 19 heavy (non-hydrogen) atoms. The van der Waals surface area contributed by atoms with Gasteiger partial charge in [0.1, 0.15) is 5.82 Å². The predicted molar refractivity (Wildman–Crippen MR) is 72.9 cm³/mol. The Morgan fingerprint density at radius 1 is 1.16 bits per heavy atom. The average Bonchev–Trinajstić information content (AvgIpc) is 2.48. The molecule has 0 aliphatic carbocycles. The lowest BCUT2D eigenvalue weighted by atomic mass is 9.97. The molecule has 5 heteroatoms. The summed E-state index contributed by atoms with van der Waals surface area (Å²) in [5, 5.41) is 3.31. The molecule has 2 aromatic heterocycles. The van der Waals surface area contributed by atoms with Crippen molar-refractivity contribution < 1.29 is 0 Å². The van der Waals surface area contributed by atoms with E-state index < -0.39 is 0 Å². The fourth-order valence-corrected chi connectivity index (χ4v) is 2.41. The van der Waals surface area contributed by atoms with E-state index in [-0.39, 0.29) is 5.56 Å². The van der Waals surface area contributed by atoms with Gasteiger partial charge in [-0.05, 0) is 38.1 Å². The Balaban J connectivity index is 1.98. The SMILES string of the molecule is O=c1cc(-c2ccccn2)nc(C2CCNCC2)[nH]1. The number of pyridine rings is 1. The number of piperidine rings is 1. The summed E-state index contributed by atoms with van der Waals surface area (Å²) in [5.41, 5.74) is 1.28. The van der Waals surface area contributed by atoms with Crippen LogP contribution in [0.1, 0.15) is 24.6 Å². The van der Waals surface area contributed by atoms with Crippen molar-refractivity contribution in [3.05, 3.63) is 46.6 Å². The minimum absolute atomic E-state index is 0.107. The summed E-state index contributed by atoms with van der Waals surface area (Å²) in [6, 6.07) is 7.13. The maximum atomic E-state index is 11.8. The van der Waals surface area contributed by atoms with Gasteiger partial charge in [0.25, 0.3) is 5.56 Å². The molecule has 1 aliphatic heterocycles. The van der Waals surface area contributed by atoms with Gasteiger partial charge < -0.3 is 10.3 Å². The maximum Gasteiger partial charge on any atom is 0.251 e. The topological polar surface area (TPSA) is 70.7 Å². The normalized spacial score (nSPS) is 16.4. The first-order valence-corrected chi connectivity index (χ1v) is 6.56. The molecule has 0 unspecified atom stereocenters. The van der Waals surface area contributed by atoms with Crippen LogP contribution in [-0.2, 0) is 0 Å². The number of nitrogens with one attached hydrogen (secondary N) is 2. The second-order valence-electron chi connectivity index (χ2n) is 4.76. The fourth-order valence-electron chi connectivity index (χ4n) is 2.41. The van der Waals surface area contributed by atoms with Gasteiger partial charge in [0, 0.05) is 18.2 Å². The molecule has 0 atom stereocenters. The van der Waals surface area contributed by atoms with E-state index in [1.807, 2.05) is 18.2 Å². The number of nitrogens with zero attached hydrogens (tertiary/aromatic N) is 2. The number of rotatable bonds is 2. The van der Waals surface area contributed by atoms with E-state index in [1.54, 1.807) is 6.20 Å². The van der Waals surface area contributed by atoms with Gasteiger partial charge in [0.15, 0.2) is 0 Å². The van der Waals surface area contributed by atoms with Crippen LogP contribution < -0.4 is 10.9 Å². The van der Waals surface area contributed by atoms with Gasteiger partial charge in [-0.15, -0.1) is 0 Å². The standard InChI is InChI=1S/C14H16N4O/c19-13-9-12(11-3-1-2-6-16-11)17-14(18-13)10-4-7-15-8-5-10/h1-3,6,9-10,15H,4-5,7-8H2,(H,17,18,19). The monoisotopic (exact) mass is 256 g/mol. The van der Waals surface area contributed by atoms with Crippen molar-refractivity contribution in [3.63, 3.8) is 0 Å². The number of hydrogen-bond acceptors (Lipinski definition) is 4. The minimum atomic E-state index is -0.107. The molecule has 5 nitrogen and oxygen atoms in total. The number of hydrogen-bond donors (Lipinski definition) is 2. The lowest BCUT2D eigenvalue weighted by Gasteiger charge is -2.21. The Morgan fingerprint density at radius 3 is 2.74 bits per heavy atom. The zero-order valence-electron chi connectivity index (χ0n) is 10.6. The molecule has 2 aromatic rings. The summed E-state index contributed by atoms with van der Waals surface area (Å²) < 4.78 is 0. The largest absolute Gasteiger partial charge is 0.317 e. The predicted octanol–water partition coefficient (Wildman–Crippen LogP) is 1.30. The van der Waals surface area contributed by atoms with E-state index in [4.69, 9.17) is 0 Å². The average molecular weight is 256 g/mol. The lowest BCUT2D eigenvalue weighted by molar-refractivity contribution is 0.444. The molecule has 3 rings (SSSR count). The Bertz CT molecular complexity index is 602. The molecule has 1 fully saturated rings. The molecule has 2 N–H and O–H groups in total. The van der Waals surface area contributed by atoms with E-state index in [2.05, 4.69) is 20.3 Å². The zero-order valence-corrected chi connectivity index (χ0v) is 10.6. The van der Waals surface area contributed by atoms with Crippen LogP contribution in [0.15, 0.2) is 35.3 Å². The van der Waals surface area contributed by atoms with Crippen molar-refractivity contribution in [1.29, 1.82) is 0 Å². The lowest BCUT2D eigenvalue weighted by Crippen LogP contribution is -2.28. The summed E-state index contributed by atoms with van der Waals surface area (Å²) in [7, 11) is 0. The van der Waals surface area contributed by atoms with Crippen LogP contribution in [0.25, 0.3) is 11.4 Å². The Morgan fingerprint density at radius 2 is 2.00 bits per heavy atom. The first-order chi connectivity index (χ1) is 9.33. The van der Waals surface area contributed by atoms with Crippen molar-refractivity contribution >= 4 is 0 Å². The third-order valence-corrected chi connectivity index (χ3v) is 3.41. The van der Waals surface area contributed by atoms with Gasteiger partial charge in [-0.1, -0.05) is 6.07 Å². The van der Waals surface area contributed by atoms with Gasteiger partial charge in [-0.25, -0.2) is 4.98 Å². The smallest absolute Gasteiger partial charge is 0.251 e. The van der Waals surface area contributed by atoms with Crippen molar-refractivity contribution in [1.82, 2.24) is 20.3 Å². The van der Waals surface area contributed by atoms with Crippen LogP contribution in [0.2, 0.25) is 0 Å². The van der Waals surface area contributed by atoms with E-state index in [1.165, 1.54) is 6.07 Å². The van der Waals surface area contributed by atoms with Gasteiger partial charge in [0.05, 0.1) is 11.4 Å². The van der Waals surface area contributed by atoms with Crippen LogP contribution in [0, 0.1) is 0 Å². The van der Waals surface area contributed by atoms with Crippen LogP contribution in [-0.4, -0.2) is 28.0 Å². The molecular formula is C14H16N4O. The summed E-state index contributed by atoms with van der Waals surface area (Å²) in [6.07, 6.45) is 3.73. The molecule has 0 spiro atoms. The second-order valence-corrected chi connectivity index (χ2v) is 4.76. The highest BCUT2D eigenvalue weighted by Gasteiger charge is 2.18. The van der Waals surface area contributed by atoms with Crippen LogP contribution in [0.3, 0.4) is 0 Å². The fraction of sp³-hybridized carbons (Fsp3) is 0.357. The summed E-state index contributed by atoms with van der Waals surface area (Å²) >= 11 is 0. The molecule has 0 saturated carbocycles. The van der Waals surface area contributed by atoms with Crippen molar-refractivity contribution in [2.24, 2.45) is 0 Å². The molecule has 0 amide bonds. The molecule has 3 heterocycles. The molecule has 98 valence electrons. The number of H-pyrrole nitrogens is 1. The Hall–Kier alpha value is -2.01. The molecule has 0 bridgehead atoms. The highest BCUT2D eigenvalue weighted by atomic mass is 16.1. The van der Waals surface area contributed by atoms with Crippen LogP contribution in [0.4, 0.5) is 0 Å². The second kappa shape index (κ2) is 5.32. The Labute approximate surface area is 111 Å². The highest BCUT2D eigenvalue weighted by molar-refractivity contribution is 5.52. The van der Waals surface area contributed by atoms with E-state index in [0.29, 0.717) is 11.6 Å². The number of aromatic amines is 1. The number of aromatic nitrogens is 3. The van der Waals surface area contributed by atoms with Crippen LogP contribution >= 0.6 is 0 Å². The molecule has 0 aromatic carbocycles. The van der Waals surface area contributed by atoms with E-state index in [0.717, 1.165) is 37.4 Å².